The highest BCUT2D eigenvalue weighted by atomic mass is 35.5. The number of aromatic nitrogens is 2. The van der Waals surface area contributed by atoms with Crippen molar-refractivity contribution in [2.24, 2.45) is 5.73 Å². The Morgan fingerprint density at radius 2 is 2.14 bits per heavy atom. The molecule has 3 rings (SSSR count). The fourth-order valence-corrected chi connectivity index (χ4v) is 3.46. The molecule has 0 radical (unpaired) electrons. The van der Waals surface area contributed by atoms with Gasteiger partial charge in [0.1, 0.15) is 0 Å². The van der Waals surface area contributed by atoms with Crippen molar-refractivity contribution in [1.82, 2.24) is 15.5 Å². The largest absolute Gasteiger partial charge is 0.447 e. The van der Waals surface area contributed by atoms with Crippen LogP contribution in [0.3, 0.4) is 0 Å². The van der Waals surface area contributed by atoms with Gasteiger partial charge >= 0.3 is 6.09 Å². The van der Waals surface area contributed by atoms with Crippen molar-refractivity contribution in [1.29, 1.82) is 0 Å². The van der Waals surface area contributed by atoms with Crippen molar-refractivity contribution in [2.75, 3.05) is 4.90 Å². The lowest BCUT2D eigenvalue weighted by Crippen LogP contribution is -2.45. The van der Waals surface area contributed by atoms with Crippen molar-refractivity contribution in [3.8, 4) is 11.5 Å². The van der Waals surface area contributed by atoms with Crippen molar-refractivity contribution >= 4 is 30.1 Å². The fraction of sp³-hybridized carbons (Fsp3) is 0.474. The molecule has 0 bridgehead atoms. The molecule has 10 heteroatoms. The van der Waals surface area contributed by atoms with E-state index in [9.17, 15) is 9.59 Å². The van der Waals surface area contributed by atoms with Crippen LogP contribution in [0.4, 0.5) is 10.5 Å². The summed E-state index contributed by atoms with van der Waals surface area (Å²) in [5.74, 6) is 0.676. The molecule has 9 nitrogen and oxygen atoms in total. The molecule has 29 heavy (non-hydrogen) atoms. The molecule has 1 aromatic heterocycles. The molecule has 2 heterocycles. The first-order valence-corrected chi connectivity index (χ1v) is 9.24. The molecule has 1 aromatic carbocycles. The number of fused-ring (bicyclic) bond motifs is 1. The van der Waals surface area contributed by atoms with E-state index in [0.29, 0.717) is 23.7 Å². The number of hydrogen-bond acceptors (Lipinski definition) is 7. The Morgan fingerprint density at radius 1 is 1.41 bits per heavy atom. The molecule has 2 atom stereocenters. The minimum absolute atomic E-state index is 0. The maximum absolute atomic E-state index is 12.2. The number of nitrogens with one attached hydrogen (secondary N) is 1. The van der Waals surface area contributed by atoms with Gasteiger partial charge in [-0.2, -0.15) is 4.98 Å². The standard InChI is InChI=1S/C19H25N5O4.ClH/c1-10(2)27-19(26)21-15-7-11(3)24(12(4)25)16-6-5-13(8-14(15)16)18-22-17(9-20)23-28-18;/h5-6,8,10-11,15H,7,9,20H2,1-4H3,(H,21,26);1H/t11-,15+;/m0./s1. The summed E-state index contributed by atoms with van der Waals surface area (Å²) >= 11 is 0. The van der Waals surface area contributed by atoms with Gasteiger partial charge in [-0.25, -0.2) is 4.79 Å². The molecule has 0 fully saturated rings. The first-order chi connectivity index (χ1) is 13.3. The normalized spacial score (nSPS) is 18.1. The monoisotopic (exact) mass is 423 g/mol. The molecule has 1 aliphatic heterocycles. The summed E-state index contributed by atoms with van der Waals surface area (Å²) in [6.45, 7) is 7.23. The van der Waals surface area contributed by atoms with E-state index in [1.807, 2.05) is 25.1 Å². The zero-order chi connectivity index (χ0) is 20.4. The second-order valence-electron chi connectivity index (χ2n) is 7.12. The Balaban J connectivity index is 0.00000300. The predicted octanol–water partition coefficient (Wildman–Crippen LogP) is 2.94. The molecule has 2 amide bonds. The van der Waals surface area contributed by atoms with Crippen LogP contribution in [-0.2, 0) is 16.1 Å². The third-order valence-corrected chi connectivity index (χ3v) is 4.55. The molecule has 0 saturated heterocycles. The lowest BCUT2D eigenvalue weighted by atomic mass is 9.90. The van der Waals surface area contributed by atoms with E-state index in [-0.39, 0.29) is 43.0 Å². The number of anilines is 1. The lowest BCUT2D eigenvalue weighted by Gasteiger charge is -2.39. The quantitative estimate of drug-likeness (QED) is 0.774. The topological polar surface area (TPSA) is 124 Å². The van der Waals surface area contributed by atoms with E-state index in [4.69, 9.17) is 15.0 Å². The molecular weight excluding hydrogens is 398 g/mol. The van der Waals surface area contributed by atoms with Crippen molar-refractivity contribution in [3.63, 3.8) is 0 Å². The Bertz CT molecular complexity index is 885. The molecule has 0 saturated carbocycles. The van der Waals surface area contributed by atoms with Crippen LogP contribution in [0, 0.1) is 0 Å². The number of hydrogen-bond donors (Lipinski definition) is 2. The summed E-state index contributed by atoms with van der Waals surface area (Å²) in [6, 6.07) is 5.10. The van der Waals surface area contributed by atoms with E-state index in [2.05, 4.69) is 15.5 Å². The summed E-state index contributed by atoms with van der Waals surface area (Å²) in [5, 5.41) is 6.72. The first kappa shape index (κ1) is 22.6. The van der Waals surface area contributed by atoms with E-state index in [1.165, 1.54) is 6.92 Å². The van der Waals surface area contributed by atoms with Crippen LogP contribution in [0.5, 0.6) is 0 Å². The maximum Gasteiger partial charge on any atom is 0.407 e. The maximum atomic E-state index is 12.2. The van der Waals surface area contributed by atoms with Crippen LogP contribution in [-0.4, -0.2) is 34.3 Å². The number of alkyl carbamates (subject to hydrolysis) is 1. The summed E-state index contributed by atoms with van der Waals surface area (Å²) in [7, 11) is 0. The summed E-state index contributed by atoms with van der Waals surface area (Å²) in [4.78, 5) is 30.4. The number of nitrogens with two attached hydrogens (primary N) is 1. The second-order valence-corrected chi connectivity index (χ2v) is 7.12. The van der Waals surface area contributed by atoms with Gasteiger partial charge in [0, 0.05) is 24.2 Å². The summed E-state index contributed by atoms with van der Waals surface area (Å²) in [5.41, 5.74) is 7.76. The molecule has 0 spiro atoms. The average Bonchev–Trinajstić information content (AvgIpc) is 3.09. The number of nitrogens with zero attached hydrogens (tertiary/aromatic N) is 3. The first-order valence-electron chi connectivity index (χ1n) is 9.24. The van der Waals surface area contributed by atoms with E-state index in [1.54, 1.807) is 18.7 Å². The molecule has 0 aliphatic carbocycles. The van der Waals surface area contributed by atoms with Gasteiger partial charge in [-0.05, 0) is 51.0 Å². The van der Waals surface area contributed by atoms with Gasteiger partial charge in [-0.3, -0.25) is 4.79 Å². The van der Waals surface area contributed by atoms with Crippen LogP contribution in [0.1, 0.15) is 51.5 Å². The van der Waals surface area contributed by atoms with Gasteiger partial charge in [0.05, 0.1) is 18.7 Å². The van der Waals surface area contributed by atoms with E-state index < -0.39 is 6.09 Å². The highest BCUT2D eigenvalue weighted by molar-refractivity contribution is 5.94. The van der Waals surface area contributed by atoms with Gasteiger partial charge in [-0.1, -0.05) is 5.16 Å². The van der Waals surface area contributed by atoms with Crippen molar-refractivity contribution < 1.29 is 18.8 Å². The van der Waals surface area contributed by atoms with Gasteiger partial charge < -0.3 is 25.2 Å². The minimum atomic E-state index is -0.497. The smallest absolute Gasteiger partial charge is 0.407 e. The van der Waals surface area contributed by atoms with Gasteiger partial charge in [-0.15, -0.1) is 12.4 Å². The number of carbonyl (C=O) groups is 2. The molecule has 2 aromatic rings. The molecule has 158 valence electrons. The number of benzene rings is 1. The second kappa shape index (κ2) is 9.23. The Morgan fingerprint density at radius 3 is 2.72 bits per heavy atom. The SMILES string of the molecule is CC(=O)N1c2ccc(-c3nc(CN)no3)cc2[C@H](NC(=O)OC(C)C)C[C@@H]1C.Cl. The number of ether oxygens (including phenoxy) is 1. The zero-order valence-corrected chi connectivity index (χ0v) is 17.7. The summed E-state index contributed by atoms with van der Waals surface area (Å²) in [6.07, 6.45) is -0.169. The molecule has 0 unspecified atom stereocenters. The van der Waals surface area contributed by atoms with Gasteiger partial charge in [0.25, 0.3) is 5.89 Å². The van der Waals surface area contributed by atoms with Crippen LogP contribution in [0.25, 0.3) is 11.5 Å². The predicted molar refractivity (Wildman–Crippen MR) is 110 cm³/mol. The number of halogens is 1. The number of carbonyl (C=O) groups excluding carboxylic acids is 2. The molecule has 1 aliphatic rings. The minimum Gasteiger partial charge on any atom is -0.447 e. The molecule has 3 N–H and O–H groups in total. The lowest BCUT2D eigenvalue weighted by molar-refractivity contribution is -0.117. The Hall–Kier alpha value is -2.65. The van der Waals surface area contributed by atoms with Gasteiger partial charge in [0.2, 0.25) is 5.91 Å². The zero-order valence-electron chi connectivity index (χ0n) is 16.8. The molecular formula is C19H26ClN5O4. The van der Waals surface area contributed by atoms with E-state index >= 15 is 0 Å². The third kappa shape index (κ3) is 4.86. The average molecular weight is 424 g/mol. The Kier molecular flexibility index (Phi) is 7.21. The van der Waals surface area contributed by atoms with Crippen molar-refractivity contribution in [3.05, 3.63) is 29.6 Å². The van der Waals surface area contributed by atoms with Crippen LogP contribution < -0.4 is 16.0 Å². The van der Waals surface area contributed by atoms with Crippen LogP contribution in [0.15, 0.2) is 22.7 Å². The van der Waals surface area contributed by atoms with E-state index in [0.717, 1.165) is 11.3 Å². The highest BCUT2D eigenvalue weighted by Crippen LogP contribution is 2.39. The van der Waals surface area contributed by atoms with Crippen LogP contribution >= 0.6 is 12.4 Å². The fourth-order valence-electron chi connectivity index (χ4n) is 3.46. The number of rotatable bonds is 4. The highest BCUT2D eigenvalue weighted by Gasteiger charge is 2.34. The number of amides is 2. The Labute approximate surface area is 175 Å². The summed E-state index contributed by atoms with van der Waals surface area (Å²) < 4.78 is 10.5. The van der Waals surface area contributed by atoms with Crippen molar-refractivity contribution in [2.45, 2.75) is 58.8 Å². The van der Waals surface area contributed by atoms with Crippen LogP contribution in [0.2, 0.25) is 0 Å². The third-order valence-electron chi connectivity index (χ3n) is 4.55. The van der Waals surface area contributed by atoms with Gasteiger partial charge in [0.15, 0.2) is 5.82 Å².